The number of phenolic OH excluding ortho intramolecular Hbond substituents is 2. The van der Waals surface area contributed by atoms with Crippen LogP contribution < -0.4 is 0 Å². The van der Waals surface area contributed by atoms with E-state index in [1.165, 1.54) is 5.56 Å². The molecule has 0 aliphatic heterocycles. The Hall–Kier alpha value is -1.96. The number of benzene rings is 2. The molecule has 0 aromatic heterocycles. The van der Waals surface area contributed by atoms with Gasteiger partial charge in [-0.2, -0.15) is 0 Å². The van der Waals surface area contributed by atoms with Crippen LogP contribution in [0.2, 0.25) is 0 Å². The minimum Gasteiger partial charge on any atom is -0.508 e. The predicted molar refractivity (Wildman–Crippen MR) is 79.7 cm³/mol. The van der Waals surface area contributed by atoms with Gasteiger partial charge in [-0.25, -0.2) is 0 Å². The Balaban J connectivity index is 0.000000218. The van der Waals surface area contributed by atoms with Gasteiger partial charge in [0.05, 0.1) is 0 Å². The van der Waals surface area contributed by atoms with Crippen molar-refractivity contribution in [2.75, 3.05) is 0 Å². The Morgan fingerprint density at radius 2 is 1.42 bits per heavy atom. The lowest BCUT2D eigenvalue weighted by Crippen LogP contribution is -2.11. The molecule has 0 radical (unpaired) electrons. The molecular formula is C17H22O2. The molecule has 0 unspecified atom stereocenters. The lowest BCUT2D eigenvalue weighted by Gasteiger charge is -2.20. The molecule has 0 bridgehead atoms. The van der Waals surface area contributed by atoms with Gasteiger partial charge in [0.15, 0.2) is 0 Å². The zero-order valence-corrected chi connectivity index (χ0v) is 12.0. The van der Waals surface area contributed by atoms with Gasteiger partial charge in [-0.15, -0.1) is 0 Å². The minimum absolute atomic E-state index is 0.0239. The molecule has 0 saturated carbocycles. The van der Waals surface area contributed by atoms with E-state index in [1.807, 2.05) is 25.1 Å². The first-order valence-corrected chi connectivity index (χ1v) is 6.35. The molecule has 2 N–H and O–H groups in total. The van der Waals surface area contributed by atoms with Gasteiger partial charge >= 0.3 is 0 Å². The number of hydrogen-bond donors (Lipinski definition) is 2. The highest BCUT2D eigenvalue weighted by Crippen LogP contribution is 2.30. The molecule has 0 aliphatic rings. The molecule has 0 atom stereocenters. The largest absolute Gasteiger partial charge is 0.508 e. The maximum atomic E-state index is 9.57. The van der Waals surface area contributed by atoms with Crippen LogP contribution in [-0.4, -0.2) is 10.2 Å². The summed E-state index contributed by atoms with van der Waals surface area (Å²) in [5.41, 5.74) is 2.23. The van der Waals surface area contributed by atoms with E-state index in [-0.39, 0.29) is 5.41 Å². The van der Waals surface area contributed by atoms with Crippen molar-refractivity contribution in [3.05, 3.63) is 59.7 Å². The molecule has 2 rings (SSSR count). The van der Waals surface area contributed by atoms with E-state index in [1.54, 1.807) is 30.3 Å². The SMILES string of the molecule is Cc1ccc(O)c(C(C)(C)C)c1.Oc1ccccc1. The Morgan fingerprint density at radius 1 is 0.842 bits per heavy atom. The van der Waals surface area contributed by atoms with Crippen molar-refractivity contribution in [2.24, 2.45) is 0 Å². The molecule has 0 fully saturated rings. The van der Waals surface area contributed by atoms with Gasteiger partial charge in [-0.1, -0.05) is 56.7 Å². The molecule has 0 amide bonds. The highest BCUT2D eigenvalue weighted by Gasteiger charge is 2.17. The fourth-order valence-electron chi connectivity index (χ4n) is 1.68. The van der Waals surface area contributed by atoms with Crippen LogP contribution in [0.4, 0.5) is 0 Å². The van der Waals surface area contributed by atoms with Crippen molar-refractivity contribution in [3.8, 4) is 11.5 Å². The van der Waals surface area contributed by atoms with Crippen LogP contribution in [0.5, 0.6) is 11.5 Å². The fourth-order valence-corrected chi connectivity index (χ4v) is 1.68. The van der Waals surface area contributed by atoms with Crippen LogP contribution in [0, 0.1) is 6.92 Å². The third kappa shape index (κ3) is 5.04. The smallest absolute Gasteiger partial charge is 0.119 e. The summed E-state index contributed by atoms with van der Waals surface area (Å²) in [6, 6.07) is 14.4. The standard InChI is InChI=1S/C11H16O.C6H6O/c1-8-5-6-10(12)9(7-8)11(2,3)4;7-6-4-2-1-3-5-6/h5-7,12H,1-4H3;1-5,7H. The molecule has 2 aromatic rings. The average Bonchev–Trinajstić information content (AvgIpc) is 2.33. The lowest BCUT2D eigenvalue weighted by atomic mass is 9.85. The summed E-state index contributed by atoms with van der Waals surface area (Å²) < 4.78 is 0. The summed E-state index contributed by atoms with van der Waals surface area (Å²) in [5.74, 6) is 0.718. The van der Waals surface area contributed by atoms with Gasteiger partial charge < -0.3 is 10.2 Å². The molecule has 0 spiro atoms. The van der Waals surface area contributed by atoms with Crippen molar-refractivity contribution in [1.82, 2.24) is 0 Å². The number of aryl methyl sites for hydroxylation is 1. The second kappa shape index (κ2) is 6.28. The molecule has 102 valence electrons. The zero-order chi connectivity index (χ0) is 14.5. The maximum absolute atomic E-state index is 9.57. The van der Waals surface area contributed by atoms with Crippen molar-refractivity contribution >= 4 is 0 Å². The van der Waals surface area contributed by atoms with Gasteiger partial charge in [0.2, 0.25) is 0 Å². The Kier molecular flexibility index (Phi) is 4.99. The highest BCUT2D eigenvalue weighted by atomic mass is 16.3. The summed E-state index contributed by atoms with van der Waals surface area (Å²) in [7, 11) is 0. The molecule has 0 heterocycles. The second-order valence-electron chi connectivity index (χ2n) is 5.61. The van der Waals surface area contributed by atoms with Crippen molar-refractivity contribution in [2.45, 2.75) is 33.1 Å². The lowest BCUT2D eigenvalue weighted by molar-refractivity contribution is 0.446. The summed E-state index contributed by atoms with van der Waals surface area (Å²) in [4.78, 5) is 0. The van der Waals surface area contributed by atoms with Gasteiger partial charge in [0, 0.05) is 0 Å². The molecular weight excluding hydrogens is 236 g/mol. The average molecular weight is 258 g/mol. The van der Waals surface area contributed by atoms with Crippen LogP contribution >= 0.6 is 0 Å². The van der Waals surface area contributed by atoms with E-state index in [0.29, 0.717) is 11.5 Å². The molecule has 0 saturated heterocycles. The third-order valence-electron chi connectivity index (χ3n) is 2.72. The number of phenols is 2. The minimum atomic E-state index is 0.0239. The first-order valence-electron chi connectivity index (χ1n) is 6.35. The highest BCUT2D eigenvalue weighted by molar-refractivity contribution is 5.40. The molecule has 2 nitrogen and oxygen atoms in total. The van der Waals surface area contributed by atoms with Crippen molar-refractivity contribution in [1.29, 1.82) is 0 Å². The molecule has 2 heteroatoms. The van der Waals surface area contributed by atoms with Crippen LogP contribution in [0.1, 0.15) is 31.9 Å². The van der Waals surface area contributed by atoms with Crippen LogP contribution in [0.15, 0.2) is 48.5 Å². The number of para-hydroxylation sites is 1. The van der Waals surface area contributed by atoms with Crippen LogP contribution in [0.3, 0.4) is 0 Å². The Morgan fingerprint density at radius 3 is 1.79 bits per heavy atom. The number of aromatic hydroxyl groups is 2. The quantitative estimate of drug-likeness (QED) is 0.735. The summed E-state index contributed by atoms with van der Waals surface area (Å²) in [6.07, 6.45) is 0. The van der Waals surface area contributed by atoms with E-state index < -0.39 is 0 Å². The van der Waals surface area contributed by atoms with Crippen molar-refractivity contribution < 1.29 is 10.2 Å². The summed E-state index contributed by atoms with van der Waals surface area (Å²) >= 11 is 0. The fraction of sp³-hybridized carbons (Fsp3) is 0.294. The van der Waals surface area contributed by atoms with E-state index in [4.69, 9.17) is 5.11 Å². The van der Waals surface area contributed by atoms with E-state index in [0.717, 1.165) is 5.56 Å². The van der Waals surface area contributed by atoms with E-state index in [2.05, 4.69) is 20.8 Å². The van der Waals surface area contributed by atoms with Gasteiger partial charge in [0.25, 0.3) is 0 Å². The molecule has 19 heavy (non-hydrogen) atoms. The predicted octanol–water partition coefficient (Wildman–Crippen LogP) is 4.39. The normalized spacial score (nSPS) is 10.5. The van der Waals surface area contributed by atoms with Crippen molar-refractivity contribution in [3.63, 3.8) is 0 Å². The van der Waals surface area contributed by atoms with E-state index >= 15 is 0 Å². The molecule has 0 aliphatic carbocycles. The monoisotopic (exact) mass is 258 g/mol. The third-order valence-corrected chi connectivity index (χ3v) is 2.72. The maximum Gasteiger partial charge on any atom is 0.119 e. The van der Waals surface area contributed by atoms with Gasteiger partial charge in [0.1, 0.15) is 11.5 Å². The zero-order valence-electron chi connectivity index (χ0n) is 12.0. The van der Waals surface area contributed by atoms with E-state index in [9.17, 15) is 5.11 Å². The Bertz CT molecular complexity index is 511. The van der Waals surface area contributed by atoms with Crippen LogP contribution in [-0.2, 0) is 5.41 Å². The summed E-state index contributed by atoms with van der Waals surface area (Å²) in [5, 5.41) is 18.2. The first kappa shape index (κ1) is 15.1. The van der Waals surface area contributed by atoms with Gasteiger partial charge in [-0.05, 0) is 36.1 Å². The van der Waals surface area contributed by atoms with Gasteiger partial charge in [-0.3, -0.25) is 0 Å². The number of hydrogen-bond acceptors (Lipinski definition) is 2. The Labute approximate surface area is 115 Å². The van der Waals surface area contributed by atoms with Crippen LogP contribution in [0.25, 0.3) is 0 Å². The number of rotatable bonds is 0. The first-order chi connectivity index (χ1) is 8.80. The topological polar surface area (TPSA) is 40.5 Å². The molecule has 2 aromatic carbocycles. The summed E-state index contributed by atoms with van der Waals surface area (Å²) in [6.45, 7) is 8.33. The second-order valence-corrected chi connectivity index (χ2v) is 5.61.